The second-order valence-corrected chi connectivity index (χ2v) is 5.00. The van der Waals surface area contributed by atoms with Crippen LogP contribution in [0.1, 0.15) is 5.56 Å². The van der Waals surface area contributed by atoms with Gasteiger partial charge in [-0.2, -0.15) is 0 Å². The van der Waals surface area contributed by atoms with Crippen molar-refractivity contribution >= 4 is 17.3 Å². The quantitative estimate of drug-likeness (QED) is 0.837. The molecule has 1 fully saturated rings. The zero-order valence-corrected chi connectivity index (χ0v) is 11.1. The molecule has 0 spiro atoms. The molecule has 1 unspecified atom stereocenters. The SMILES string of the molecule is CNc1ccc2c(c1)CC(=O)N2CC1COCCN1. The number of carbonyl (C=O) groups excluding carboxylic acids is 1. The van der Waals surface area contributed by atoms with Gasteiger partial charge in [0.1, 0.15) is 0 Å². The highest BCUT2D eigenvalue weighted by Gasteiger charge is 2.29. The number of nitrogens with zero attached hydrogens (tertiary/aromatic N) is 1. The Morgan fingerprint density at radius 1 is 1.53 bits per heavy atom. The van der Waals surface area contributed by atoms with E-state index in [0.29, 0.717) is 19.6 Å². The van der Waals surface area contributed by atoms with Gasteiger partial charge in [-0.05, 0) is 23.8 Å². The van der Waals surface area contributed by atoms with E-state index in [1.807, 2.05) is 24.1 Å². The van der Waals surface area contributed by atoms with Crippen LogP contribution in [0.4, 0.5) is 11.4 Å². The highest BCUT2D eigenvalue weighted by molar-refractivity contribution is 6.01. The summed E-state index contributed by atoms with van der Waals surface area (Å²) < 4.78 is 5.44. The topological polar surface area (TPSA) is 53.6 Å². The van der Waals surface area contributed by atoms with E-state index >= 15 is 0 Å². The summed E-state index contributed by atoms with van der Waals surface area (Å²) in [6.07, 6.45) is 0.498. The molecule has 1 aromatic carbocycles. The van der Waals surface area contributed by atoms with E-state index < -0.39 is 0 Å². The number of rotatable bonds is 3. The van der Waals surface area contributed by atoms with E-state index in [2.05, 4.69) is 16.7 Å². The van der Waals surface area contributed by atoms with Crippen LogP contribution >= 0.6 is 0 Å². The van der Waals surface area contributed by atoms with E-state index in [0.717, 1.165) is 30.1 Å². The van der Waals surface area contributed by atoms with Crippen LogP contribution in [0, 0.1) is 0 Å². The average Bonchev–Trinajstić information content (AvgIpc) is 2.75. The summed E-state index contributed by atoms with van der Waals surface area (Å²) in [6, 6.07) is 6.32. The van der Waals surface area contributed by atoms with Crippen molar-refractivity contribution < 1.29 is 9.53 Å². The minimum atomic E-state index is 0.177. The van der Waals surface area contributed by atoms with Crippen molar-refractivity contribution in [2.24, 2.45) is 0 Å². The van der Waals surface area contributed by atoms with Gasteiger partial charge < -0.3 is 20.3 Å². The van der Waals surface area contributed by atoms with Crippen molar-refractivity contribution in [3.8, 4) is 0 Å². The maximum Gasteiger partial charge on any atom is 0.231 e. The number of hydrogen-bond acceptors (Lipinski definition) is 4. The van der Waals surface area contributed by atoms with Crippen LogP contribution in [0.2, 0.25) is 0 Å². The minimum Gasteiger partial charge on any atom is -0.388 e. The molecule has 2 aliphatic rings. The van der Waals surface area contributed by atoms with Gasteiger partial charge >= 0.3 is 0 Å². The number of ether oxygens (including phenoxy) is 1. The van der Waals surface area contributed by atoms with Crippen LogP contribution in [-0.2, 0) is 16.0 Å². The van der Waals surface area contributed by atoms with Crippen molar-refractivity contribution in [1.82, 2.24) is 5.32 Å². The Morgan fingerprint density at radius 3 is 3.16 bits per heavy atom. The van der Waals surface area contributed by atoms with Crippen LogP contribution in [0.25, 0.3) is 0 Å². The highest BCUT2D eigenvalue weighted by atomic mass is 16.5. The first-order chi connectivity index (χ1) is 9.28. The third kappa shape index (κ3) is 2.43. The van der Waals surface area contributed by atoms with E-state index in [9.17, 15) is 4.79 Å². The van der Waals surface area contributed by atoms with Crippen molar-refractivity contribution in [3.05, 3.63) is 23.8 Å². The van der Waals surface area contributed by atoms with Gasteiger partial charge in [0.2, 0.25) is 5.91 Å². The standard InChI is InChI=1S/C14H19N3O2/c1-15-11-2-3-13-10(6-11)7-14(18)17(13)8-12-9-19-5-4-16-12/h2-3,6,12,15-16H,4-5,7-9H2,1H3. The zero-order chi connectivity index (χ0) is 13.2. The van der Waals surface area contributed by atoms with Crippen LogP contribution in [0.3, 0.4) is 0 Å². The van der Waals surface area contributed by atoms with Gasteiger partial charge in [0.25, 0.3) is 0 Å². The lowest BCUT2D eigenvalue weighted by atomic mass is 10.1. The highest BCUT2D eigenvalue weighted by Crippen LogP contribution is 2.31. The van der Waals surface area contributed by atoms with Gasteiger partial charge in [-0.3, -0.25) is 4.79 Å². The van der Waals surface area contributed by atoms with Gasteiger partial charge in [0.15, 0.2) is 0 Å². The van der Waals surface area contributed by atoms with Crippen molar-refractivity contribution in [3.63, 3.8) is 0 Å². The number of amides is 1. The van der Waals surface area contributed by atoms with Gasteiger partial charge in [-0.1, -0.05) is 0 Å². The number of benzene rings is 1. The third-order valence-corrected chi connectivity index (χ3v) is 3.70. The van der Waals surface area contributed by atoms with Crippen LogP contribution in [0.5, 0.6) is 0 Å². The normalized spacial score (nSPS) is 22.5. The maximum absolute atomic E-state index is 12.1. The van der Waals surface area contributed by atoms with Crippen LogP contribution in [-0.4, -0.2) is 45.3 Å². The second kappa shape index (κ2) is 5.19. The van der Waals surface area contributed by atoms with Crippen molar-refractivity contribution in [2.75, 3.05) is 43.6 Å². The maximum atomic E-state index is 12.1. The number of hydrogen-bond donors (Lipinski definition) is 2. The first-order valence-corrected chi connectivity index (χ1v) is 6.70. The van der Waals surface area contributed by atoms with Crippen LogP contribution in [0.15, 0.2) is 18.2 Å². The lowest BCUT2D eigenvalue weighted by Gasteiger charge is -2.28. The Morgan fingerprint density at radius 2 is 2.42 bits per heavy atom. The molecule has 2 heterocycles. The summed E-state index contributed by atoms with van der Waals surface area (Å²) in [6.45, 7) is 2.98. The zero-order valence-electron chi connectivity index (χ0n) is 11.1. The van der Waals surface area contributed by atoms with Gasteiger partial charge in [-0.25, -0.2) is 0 Å². The monoisotopic (exact) mass is 261 g/mol. The summed E-state index contributed by atoms with van der Waals surface area (Å²) in [5, 5.41) is 6.49. The minimum absolute atomic E-state index is 0.177. The first kappa shape index (κ1) is 12.4. The molecule has 102 valence electrons. The Labute approximate surface area is 112 Å². The van der Waals surface area contributed by atoms with Crippen molar-refractivity contribution in [1.29, 1.82) is 0 Å². The van der Waals surface area contributed by atoms with E-state index in [1.165, 1.54) is 0 Å². The fourth-order valence-electron chi connectivity index (χ4n) is 2.70. The Balaban J connectivity index is 1.78. The molecule has 1 aromatic rings. The lowest BCUT2D eigenvalue weighted by molar-refractivity contribution is -0.117. The molecular formula is C14H19N3O2. The Bertz CT molecular complexity index is 484. The summed E-state index contributed by atoms with van der Waals surface area (Å²) >= 11 is 0. The lowest BCUT2D eigenvalue weighted by Crippen LogP contribution is -2.49. The fourth-order valence-corrected chi connectivity index (χ4v) is 2.70. The van der Waals surface area contributed by atoms with Gasteiger partial charge in [0, 0.05) is 37.6 Å². The number of fused-ring (bicyclic) bond motifs is 1. The molecule has 1 amide bonds. The third-order valence-electron chi connectivity index (χ3n) is 3.70. The number of anilines is 2. The molecule has 1 saturated heterocycles. The molecular weight excluding hydrogens is 242 g/mol. The smallest absolute Gasteiger partial charge is 0.231 e. The average molecular weight is 261 g/mol. The van der Waals surface area contributed by atoms with Gasteiger partial charge in [0.05, 0.1) is 19.6 Å². The fraction of sp³-hybridized carbons (Fsp3) is 0.500. The predicted octanol–water partition coefficient (Wildman–Crippen LogP) is 0.606. The summed E-state index contributed by atoms with van der Waals surface area (Å²) in [7, 11) is 1.89. The Kier molecular flexibility index (Phi) is 3.40. The molecule has 0 radical (unpaired) electrons. The summed E-state index contributed by atoms with van der Waals surface area (Å²) in [4.78, 5) is 14.0. The van der Waals surface area contributed by atoms with E-state index in [1.54, 1.807) is 0 Å². The molecule has 0 saturated carbocycles. The van der Waals surface area contributed by atoms with E-state index in [-0.39, 0.29) is 11.9 Å². The molecule has 0 aliphatic carbocycles. The number of morpholine rings is 1. The molecule has 2 N–H and O–H groups in total. The van der Waals surface area contributed by atoms with Gasteiger partial charge in [-0.15, -0.1) is 0 Å². The van der Waals surface area contributed by atoms with E-state index in [4.69, 9.17) is 4.74 Å². The molecule has 1 atom stereocenters. The largest absolute Gasteiger partial charge is 0.388 e. The molecule has 2 aliphatic heterocycles. The summed E-state index contributed by atoms with van der Waals surface area (Å²) in [5.41, 5.74) is 3.19. The van der Waals surface area contributed by atoms with Crippen LogP contribution < -0.4 is 15.5 Å². The first-order valence-electron chi connectivity index (χ1n) is 6.70. The van der Waals surface area contributed by atoms with Crippen molar-refractivity contribution in [2.45, 2.75) is 12.5 Å². The summed E-state index contributed by atoms with van der Waals surface area (Å²) in [5.74, 6) is 0.177. The number of nitrogens with one attached hydrogen (secondary N) is 2. The molecule has 5 nitrogen and oxygen atoms in total. The second-order valence-electron chi connectivity index (χ2n) is 5.00. The molecule has 5 heteroatoms. The molecule has 3 rings (SSSR count). The number of carbonyl (C=O) groups is 1. The molecule has 0 bridgehead atoms. The molecule has 0 aromatic heterocycles. The predicted molar refractivity (Wildman–Crippen MR) is 74.7 cm³/mol. The molecule has 19 heavy (non-hydrogen) atoms. The Hall–Kier alpha value is -1.59.